The van der Waals surface area contributed by atoms with E-state index < -0.39 is 0 Å². The van der Waals surface area contributed by atoms with E-state index in [1.165, 1.54) is 18.2 Å². The third-order valence-corrected chi connectivity index (χ3v) is 5.21. The molecule has 0 radical (unpaired) electrons. The van der Waals surface area contributed by atoms with Crippen molar-refractivity contribution in [2.45, 2.75) is 19.4 Å². The number of amides is 2. The topological polar surface area (TPSA) is 74.9 Å². The van der Waals surface area contributed by atoms with E-state index in [0.717, 1.165) is 16.2 Å². The zero-order chi connectivity index (χ0) is 18.8. The molecule has 1 aromatic carbocycles. The number of carbonyl (C=O) groups is 2. The van der Waals surface area contributed by atoms with E-state index >= 15 is 0 Å². The summed E-state index contributed by atoms with van der Waals surface area (Å²) < 4.78 is 5.27. The summed E-state index contributed by atoms with van der Waals surface area (Å²) in [6, 6.07) is 14.6. The number of furan rings is 1. The van der Waals surface area contributed by atoms with Crippen molar-refractivity contribution in [3.05, 3.63) is 76.4 Å². The minimum atomic E-state index is -0.272. The maximum atomic E-state index is 12.9. The average Bonchev–Trinajstić information content (AvgIpc) is 3.41. The molecular formula is C20H17N3O3S. The molecule has 0 saturated carbocycles. The first kappa shape index (κ1) is 17.2. The van der Waals surface area contributed by atoms with Gasteiger partial charge in [0.1, 0.15) is 0 Å². The van der Waals surface area contributed by atoms with Crippen LogP contribution in [-0.4, -0.2) is 22.5 Å². The van der Waals surface area contributed by atoms with Crippen LogP contribution < -0.4 is 5.32 Å². The van der Waals surface area contributed by atoms with Gasteiger partial charge < -0.3 is 9.73 Å². The molecule has 0 fully saturated rings. The summed E-state index contributed by atoms with van der Waals surface area (Å²) in [5, 5.41) is 10.9. The summed E-state index contributed by atoms with van der Waals surface area (Å²) in [5.74, 6) is -0.147. The molecule has 0 aliphatic carbocycles. The highest BCUT2D eigenvalue weighted by atomic mass is 32.1. The average molecular weight is 379 g/mol. The Morgan fingerprint density at radius 1 is 1.22 bits per heavy atom. The van der Waals surface area contributed by atoms with E-state index in [1.807, 2.05) is 41.8 Å². The fourth-order valence-corrected chi connectivity index (χ4v) is 3.88. The lowest BCUT2D eigenvalue weighted by atomic mass is 10.0. The van der Waals surface area contributed by atoms with Crippen LogP contribution in [0.5, 0.6) is 0 Å². The summed E-state index contributed by atoms with van der Waals surface area (Å²) in [6.07, 6.45) is 2.07. The molecule has 136 valence electrons. The smallest absolute Gasteiger partial charge is 0.310 e. The highest BCUT2D eigenvalue weighted by Gasteiger charge is 2.35. The summed E-state index contributed by atoms with van der Waals surface area (Å²) in [6.45, 7) is 1.47. The summed E-state index contributed by atoms with van der Waals surface area (Å²) in [5.41, 5.74) is 2.37. The lowest BCUT2D eigenvalue weighted by molar-refractivity contribution is -0.114. The third-order valence-electron chi connectivity index (χ3n) is 4.24. The van der Waals surface area contributed by atoms with Crippen molar-refractivity contribution in [1.82, 2.24) is 5.01 Å². The maximum absolute atomic E-state index is 12.9. The van der Waals surface area contributed by atoms with Gasteiger partial charge >= 0.3 is 5.91 Å². The molecule has 6 nitrogen and oxygen atoms in total. The van der Waals surface area contributed by atoms with Gasteiger partial charge in [0.05, 0.1) is 18.0 Å². The zero-order valence-corrected chi connectivity index (χ0v) is 15.4. The highest BCUT2D eigenvalue weighted by molar-refractivity contribution is 7.10. The van der Waals surface area contributed by atoms with Crippen molar-refractivity contribution in [1.29, 1.82) is 0 Å². The van der Waals surface area contributed by atoms with Crippen LogP contribution >= 0.6 is 11.3 Å². The Hall–Kier alpha value is -3.19. The molecule has 3 heterocycles. The molecule has 0 saturated heterocycles. The first-order valence-corrected chi connectivity index (χ1v) is 9.36. The lowest BCUT2D eigenvalue weighted by Crippen LogP contribution is -2.26. The second-order valence-electron chi connectivity index (χ2n) is 6.17. The maximum Gasteiger partial charge on any atom is 0.310 e. The van der Waals surface area contributed by atoms with Gasteiger partial charge in [-0.15, -0.1) is 11.3 Å². The van der Waals surface area contributed by atoms with Gasteiger partial charge in [-0.25, -0.2) is 5.01 Å². The summed E-state index contributed by atoms with van der Waals surface area (Å²) in [7, 11) is 0. The minimum absolute atomic E-state index is 0.133. The van der Waals surface area contributed by atoms with Crippen LogP contribution in [0, 0.1) is 0 Å². The molecule has 1 atom stereocenters. The SMILES string of the molecule is CC(=O)Nc1cccc(C2=NN(C(=O)c3ccco3)[C@@H](c3cccs3)C2)c1. The number of carbonyl (C=O) groups excluding carboxylic acids is 2. The number of hydrogen-bond acceptors (Lipinski definition) is 5. The van der Waals surface area contributed by atoms with E-state index in [4.69, 9.17) is 4.42 Å². The second kappa shape index (κ2) is 7.20. The number of hydrazone groups is 1. The minimum Gasteiger partial charge on any atom is -0.459 e. The number of nitrogens with zero attached hydrogens (tertiary/aromatic N) is 2. The van der Waals surface area contributed by atoms with E-state index in [-0.39, 0.29) is 23.6 Å². The van der Waals surface area contributed by atoms with Gasteiger partial charge in [-0.2, -0.15) is 5.10 Å². The normalized spacial score (nSPS) is 16.3. The van der Waals surface area contributed by atoms with Gasteiger partial charge in [0.15, 0.2) is 5.76 Å². The van der Waals surface area contributed by atoms with Crippen LogP contribution in [0.2, 0.25) is 0 Å². The molecule has 1 aliphatic rings. The van der Waals surface area contributed by atoms with E-state index in [1.54, 1.807) is 23.5 Å². The van der Waals surface area contributed by atoms with Gasteiger partial charge in [-0.05, 0) is 41.3 Å². The van der Waals surface area contributed by atoms with Gasteiger partial charge in [0.25, 0.3) is 0 Å². The monoisotopic (exact) mass is 379 g/mol. The molecule has 7 heteroatoms. The fourth-order valence-electron chi connectivity index (χ4n) is 3.07. The van der Waals surface area contributed by atoms with Crippen molar-refractivity contribution in [2.75, 3.05) is 5.32 Å². The Labute approximate surface area is 160 Å². The molecular weight excluding hydrogens is 362 g/mol. The van der Waals surface area contributed by atoms with Gasteiger partial charge in [-0.1, -0.05) is 18.2 Å². The molecule has 27 heavy (non-hydrogen) atoms. The number of rotatable bonds is 4. The molecule has 2 aromatic heterocycles. The van der Waals surface area contributed by atoms with Gasteiger partial charge in [0, 0.05) is 23.9 Å². The first-order valence-electron chi connectivity index (χ1n) is 8.48. The van der Waals surface area contributed by atoms with E-state index in [9.17, 15) is 9.59 Å². The largest absolute Gasteiger partial charge is 0.459 e. The number of hydrogen-bond donors (Lipinski definition) is 1. The molecule has 2 amide bonds. The van der Waals surface area contributed by atoms with Crippen LogP contribution in [0.3, 0.4) is 0 Å². The van der Waals surface area contributed by atoms with Crippen LogP contribution in [0.25, 0.3) is 0 Å². The summed E-state index contributed by atoms with van der Waals surface area (Å²) in [4.78, 5) is 25.3. The predicted molar refractivity (Wildman–Crippen MR) is 104 cm³/mol. The van der Waals surface area contributed by atoms with Gasteiger partial charge in [0.2, 0.25) is 5.91 Å². The number of nitrogens with one attached hydrogen (secondary N) is 1. The Balaban J connectivity index is 1.68. The molecule has 0 bridgehead atoms. The Morgan fingerprint density at radius 2 is 2.11 bits per heavy atom. The Morgan fingerprint density at radius 3 is 2.81 bits per heavy atom. The van der Waals surface area contributed by atoms with Crippen LogP contribution in [0.1, 0.15) is 40.4 Å². The second-order valence-corrected chi connectivity index (χ2v) is 7.15. The van der Waals surface area contributed by atoms with Crippen LogP contribution in [0.15, 0.2) is 69.7 Å². The van der Waals surface area contributed by atoms with E-state index in [0.29, 0.717) is 12.1 Å². The van der Waals surface area contributed by atoms with Crippen molar-refractivity contribution in [3.8, 4) is 0 Å². The fraction of sp³-hybridized carbons (Fsp3) is 0.150. The number of thiophene rings is 1. The van der Waals surface area contributed by atoms with Crippen molar-refractivity contribution in [2.24, 2.45) is 5.10 Å². The Bertz CT molecular complexity index is 993. The molecule has 1 N–H and O–H groups in total. The standard InChI is InChI=1S/C20H17N3O3S/c1-13(24)21-15-6-2-5-14(11-15)16-12-17(19-8-4-10-27-19)23(22-16)20(25)18-7-3-9-26-18/h2-11,17H,12H2,1H3,(H,21,24)/t17-/m1/s1. The van der Waals surface area contributed by atoms with Crippen LogP contribution in [0.4, 0.5) is 5.69 Å². The first-order chi connectivity index (χ1) is 13.1. The molecule has 4 rings (SSSR count). The van der Waals surface area contributed by atoms with Crippen molar-refractivity contribution < 1.29 is 14.0 Å². The summed E-state index contributed by atoms with van der Waals surface area (Å²) >= 11 is 1.59. The predicted octanol–water partition coefficient (Wildman–Crippen LogP) is 4.29. The van der Waals surface area contributed by atoms with Crippen molar-refractivity contribution in [3.63, 3.8) is 0 Å². The number of benzene rings is 1. The molecule has 0 unspecified atom stereocenters. The van der Waals surface area contributed by atoms with Crippen LogP contribution in [-0.2, 0) is 4.79 Å². The quantitative estimate of drug-likeness (QED) is 0.735. The Kier molecular flexibility index (Phi) is 4.60. The lowest BCUT2D eigenvalue weighted by Gasteiger charge is -2.19. The third kappa shape index (κ3) is 3.54. The molecule has 3 aromatic rings. The van der Waals surface area contributed by atoms with E-state index in [2.05, 4.69) is 10.4 Å². The highest BCUT2D eigenvalue weighted by Crippen LogP contribution is 2.36. The van der Waals surface area contributed by atoms with Crippen molar-refractivity contribution >= 4 is 34.6 Å². The zero-order valence-electron chi connectivity index (χ0n) is 14.6. The molecule has 0 spiro atoms. The molecule has 1 aliphatic heterocycles. The number of anilines is 1. The van der Waals surface area contributed by atoms with Gasteiger partial charge in [-0.3, -0.25) is 9.59 Å².